The minimum absolute atomic E-state index is 0.107. The average Bonchev–Trinajstić information content (AvgIpc) is 3.08. The van der Waals surface area contributed by atoms with Crippen LogP contribution in [0.1, 0.15) is 17.4 Å². The van der Waals surface area contributed by atoms with Crippen molar-refractivity contribution in [1.82, 2.24) is 9.97 Å². The predicted octanol–water partition coefficient (Wildman–Crippen LogP) is 5.20. The van der Waals surface area contributed by atoms with E-state index in [1.807, 2.05) is 55.5 Å². The number of nitrogens with one attached hydrogen (secondary N) is 1. The van der Waals surface area contributed by atoms with Crippen molar-refractivity contribution in [3.63, 3.8) is 0 Å². The minimum atomic E-state index is -0.107. The first-order chi connectivity index (χ1) is 13.1. The number of aromatic nitrogens is 2. The molecule has 0 saturated heterocycles. The fraction of sp³-hybridized carbons (Fsp3) is 0.182. The average molecular weight is 376 g/mol. The highest BCUT2D eigenvalue weighted by atomic mass is 32.1. The van der Waals surface area contributed by atoms with Gasteiger partial charge >= 0.3 is 0 Å². The zero-order chi connectivity index (χ0) is 19.0. The lowest BCUT2D eigenvalue weighted by molar-refractivity contribution is 0.415. The zero-order valence-corrected chi connectivity index (χ0v) is 16.3. The van der Waals surface area contributed by atoms with E-state index in [2.05, 4.69) is 11.9 Å². The van der Waals surface area contributed by atoms with Gasteiger partial charge in [0.2, 0.25) is 0 Å². The van der Waals surface area contributed by atoms with E-state index < -0.39 is 0 Å². The van der Waals surface area contributed by atoms with Crippen LogP contribution in [-0.2, 0) is 6.42 Å². The number of fused-ring (bicyclic) bond motifs is 1. The van der Waals surface area contributed by atoms with Gasteiger partial charge < -0.3 is 9.72 Å². The fourth-order valence-corrected chi connectivity index (χ4v) is 4.37. The molecule has 0 amide bonds. The zero-order valence-electron chi connectivity index (χ0n) is 15.5. The Morgan fingerprint density at radius 3 is 2.59 bits per heavy atom. The Bertz CT molecular complexity index is 1170. The summed E-state index contributed by atoms with van der Waals surface area (Å²) in [4.78, 5) is 22.7. The molecule has 0 radical (unpaired) electrons. The van der Waals surface area contributed by atoms with Gasteiger partial charge in [0.15, 0.2) is 0 Å². The molecule has 0 saturated carbocycles. The summed E-state index contributed by atoms with van der Waals surface area (Å²) in [7, 11) is 1.65. The topological polar surface area (TPSA) is 55.0 Å². The quantitative estimate of drug-likeness (QED) is 0.533. The molecule has 4 rings (SSSR count). The maximum atomic E-state index is 13.0. The summed E-state index contributed by atoms with van der Waals surface area (Å²) in [5.41, 5.74) is 3.92. The number of thiophene rings is 1. The lowest BCUT2D eigenvalue weighted by Gasteiger charge is -2.06. The van der Waals surface area contributed by atoms with Crippen LogP contribution in [0.5, 0.6) is 5.75 Å². The highest BCUT2D eigenvalue weighted by molar-refractivity contribution is 7.19. The molecule has 0 fully saturated rings. The highest BCUT2D eigenvalue weighted by Crippen LogP contribution is 2.38. The molecule has 4 aromatic rings. The van der Waals surface area contributed by atoms with Crippen molar-refractivity contribution >= 4 is 21.6 Å². The summed E-state index contributed by atoms with van der Waals surface area (Å²) in [5.74, 6) is 1.38. The Hall–Kier alpha value is -2.92. The maximum Gasteiger partial charge on any atom is 0.260 e. The third-order valence-electron chi connectivity index (χ3n) is 4.64. The number of benzene rings is 2. The molecule has 0 bridgehead atoms. The van der Waals surface area contributed by atoms with E-state index in [4.69, 9.17) is 9.72 Å². The molecule has 1 N–H and O–H groups in total. The van der Waals surface area contributed by atoms with Crippen LogP contribution < -0.4 is 10.3 Å². The van der Waals surface area contributed by atoms with Crippen molar-refractivity contribution in [1.29, 1.82) is 0 Å². The number of ether oxygens (including phenoxy) is 1. The fourth-order valence-electron chi connectivity index (χ4n) is 3.24. The molecule has 2 aromatic carbocycles. The van der Waals surface area contributed by atoms with E-state index in [0.717, 1.165) is 38.6 Å². The Morgan fingerprint density at radius 1 is 1.11 bits per heavy atom. The summed E-state index contributed by atoms with van der Waals surface area (Å²) in [5, 5.41) is 0.654. The number of methoxy groups -OCH3 is 1. The molecular formula is C22H20N2O2S. The summed E-state index contributed by atoms with van der Waals surface area (Å²) < 4.78 is 5.36. The third-order valence-corrected chi connectivity index (χ3v) is 5.87. The first-order valence-corrected chi connectivity index (χ1v) is 9.69. The molecule has 0 atom stereocenters. The SMILES string of the molecule is CCc1sc2nc(-c3ccc(C)cc3)[nH]c(=O)c2c1-c1cccc(OC)c1. The second-order valence-corrected chi connectivity index (χ2v) is 7.53. The predicted molar refractivity (Wildman–Crippen MR) is 112 cm³/mol. The van der Waals surface area contributed by atoms with Crippen molar-refractivity contribution in [3.8, 4) is 28.3 Å². The molecule has 4 nitrogen and oxygen atoms in total. The van der Waals surface area contributed by atoms with Crippen molar-refractivity contribution in [2.75, 3.05) is 7.11 Å². The van der Waals surface area contributed by atoms with Gasteiger partial charge in [-0.1, -0.05) is 48.9 Å². The molecule has 27 heavy (non-hydrogen) atoms. The minimum Gasteiger partial charge on any atom is -0.497 e. The van der Waals surface area contributed by atoms with Gasteiger partial charge in [0.25, 0.3) is 5.56 Å². The van der Waals surface area contributed by atoms with Crippen LogP contribution in [0.3, 0.4) is 0 Å². The van der Waals surface area contributed by atoms with Gasteiger partial charge in [-0.2, -0.15) is 0 Å². The number of hydrogen-bond acceptors (Lipinski definition) is 4. The molecule has 136 valence electrons. The van der Waals surface area contributed by atoms with Crippen LogP contribution in [0.4, 0.5) is 0 Å². The van der Waals surface area contributed by atoms with Gasteiger partial charge in [-0.15, -0.1) is 11.3 Å². The molecular weight excluding hydrogens is 356 g/mol. The lowest BCUT2D eigenvalue weighted by atomic mass is 10.0. The van der Waals surface area contributed by atoms with E-state index >= 15 is 0 Å². The van der Waals surface area contributed by atoms with Crippen LogP contribution >= 0.6 is 11.3 Å². The normalized spacial score (nSPS) is 11.1. The lowest BCUT2D eigenvalue weighted by Crippen LogP contribution is -2.09. The van der Waals surface area contributed by atoms with E-state index in [9.17, 15) is 4.79 Å². The highest BCUT2D eigenvalue weighted by Gasteiger charge is 2.18. The van der Waals surface area contributed by atoms with Gasteiger partial charge in [0.1, 0.15) is 16.4 Å². The van der Waals surface area contributed by atoms with Crippen LogP contribution in [0, 0.1) is 6.92 Å². The monoisotopic (exact) mass is 376 g/mol. The van der Waals surface area contributed by atoms with Crippen molar-refractivity contribution in [3.05, 3.63) is 69.3 Å². The number of rotatable bonds is 4. The summed E-state index contributed by atoms with van der Waals surface area (Å²) in [6.45, 7) is 4.14. The third kappa shape index (κ3) is 3.15. The molecule has 0 aliphatic carbocycles. The standard InChI is InChI=1S/C22H20N2O2S/c1-4-17-18(15-6-5-7-16(12-15)26-3)19-21(25)23-20(24-22(19)27-17)14-10-8-13(2)9-11-14/h5-12H,4H2,1-3H3,(H,23,24,25). The van der Waals surface area contributed by atoms with E-state index in [0.29, 0.717) is 11.2 Å². The largest absolute Gasteiger partial charge is 0.497 e. The maximum absolute atomic E-state index is 13.0. The molecule has 5 heteroatoms. The molecule has 0 aliphatic rings. The van der Waals surface area contributed by atoms with Gasteiger partial charge in [0, 0.05) is 16.0 Å². The first kappa shape index (κ1) is 17.5. The van der Waals surface area contributed by atoms with Gasteiger partial charge in [-0.05, 0) is 31.0 Å². The van der Waals surface area contributed by atoms with Crippen molar-refractivity contribution in [2.45, 2.75) is 20.3 Å². The number of nitrogens with zero attached hydrogens (tertiary/aromatic N) is 1. The first-order valence-electron chi connectivity index (χ1n) is 8.88. The number of aryl methyl sites for hydroxylation is 2. The van der Waals surface area contributed by atoms with Gasteiger partial charge in [-0.3, -0.25) is 4.79 Å². The Morgan fingerprint density at radius 2 is 1.89 bits per heavy atom. The summed E-state index contributed by atoms with van der Waals surface area (Å²) in [6.07, 6.45) is 0.840. The van der Waals surface area contributed by atoms with Gasteiger partial charge in [-0.25, -0.2) is 4.98 Å². The second-order valence-electron chi connectivity index (χ2n) is 6.45. The number of H-pyrrole nitrogens is 1. The van der Waals surface area contributed by atoms with Crippen molar-refractivity contribution in [2.24, 2.45) is 0 Å². The van der Waals surface area contributed by atoms with Crippen molar-refractivity contribution < 1.29 is 4.74 Å². The molecule has 0 unspecified atom stereocenters. The summed E-state index contributed by atoms with van der Waals surface area (Å²) in [6, 6.07) is 15.8. The Balaban J connectivity index is 1.95. The van der Waals surface area contributed by atoms with E-state index in [1.54, 1.807) is 18.4 Å². The van der Waals surface area contributed by atoms with E-state index in [1.165, 1.54) is 5.56 Å². The molecule has 2 heterocycles. The Kier molecular flexibility index (Phi) is 4.54. The van der Waals surface area contributed by atoms with Crippen LogP contribution in [-0.4, -0.2) is 17.1 Å². The molecule has 2 aromatic heterocycles. The smallest absolute Gasteiger partial charge is 0.260 e. The summed E-state index contributed by atoms with van der Waals surface area (Å²) >= 11 is 1.59. The van der Waals surface area contributed by atoms with Crippen LogP contribution in [0.15, 0.2) is 53.3 Å². The van der Waals surface area contributed by atoms with Crippen LogP contribution in [0.2, 0.25) is 0 Å². The number of hydrogen-bond donors (Lipinski definition) is 1. The van der Waals surface area contributed by atoms with E-state index in [-0.39, 0.29) is 5.56 Å². The van der Waals surface area contributed by atoms with Crippen LogP contribution in [0.25, 0.3) is 32.7 Å². The Labute approximate surface area is 161 Å². The number of aromatic amines is 1. The molecule has 0 aliphatic heterocycles. The molecule has 0 spiro atoms. The second kappa shape index (κ2) is 7.00. The van der Waals surface area contributed by atoms with Gasteiger partial charge in [0.05, 0.1) is 12.5 Å².